The van der Waals surface area contributed by atoms with Gasteiger partial charge >= 0.3 is 0 Å². The van der Waals surface area contributed by atoms with Gasteiger partial charge in [0.15, 0.2) is 5.16 Å². The summed E-state index contributed by atoms with van der Waals surface area (Å²) < 4.78 is 8.17. The van der Waals surface area contributed by atoms with E-state index >= 15 is 0 Å². The highest BCUT2D eigenvalue weighted by atomic mass is 35.5. The van der Waals surface area contributed by atoms with Crippen molar-refractivity contribution in [2.24, 2.45) is 0 Å². The minimum absolute atomic E-state index is 0.0621. The number of halogens is 1. The molecule has 0 saturated carbocycles. The van der Waals surface area contributed by atoms with Crippen molar-refractivity contribution in [3.8, 4) is 5.75 Å². The van der Waals surface area contributed by atoms with Crippen molar-refractivity contribution in [1.82, 2.24) is 14.5 Å². The SMILES string of the molecule is CCOc1ccccc1Cn1c(SCc2ccc(Cl)cc2)nc2c(sc3ncccc32)c1=O. The summed E-state index contributed by atoms with van der Waals surface area (Å²) in [6, 6.07) is 19.4. The molecular weight excluding hydrogens is 474 g/mol. The Kier molecular flexibility index (Phi) is 6.35. The molecule has 0 saturated heterocycles. The molecule has 0 radical (unpaired) electrons. The molecule has 0 amide bonds. The van der Waals surface area contributed by atoms with E-state index in [0.29, 0.717) is 39.3 Å². The van der Waals surface area contributed by atoms with Gasteiger partial charge in [-0.05, 0) is 42.8 Å². The Bertz CT molecular complexity index is 1500. The van der Waals surface area contributed by atoms with Crippen LogP contribution < -0.4 is 10.3 Å². The zero-order valence-corrected chi connectivity index (χ0v) is 20.2. The molecule has 2 aromatic carbocycles. The lowest BCUT2D eigenvalue weighted by molar-refractivity contribution is 0.335. The lowest BCUT2D eigenvalue weighted by Gasteiger charge is -2.15. The normalized spacial score (nSPS) is 11.3. The summed E-state index contributed by atoms with van der Waals surface area (Å²) in [5, 5.41) is 2.27. The van der Waals surface area contributed by atoms with Gasteiger partial charge in [-0.15, -0.1) is 11.3 Å². The minimum atomic E-state index is -0.0621. The predicted molar refractivity (Wildman–Crippen MR) is 137 cm³/mol. The number of aromatic nitrogens is 3. The fourth-order valence-electron chi connectivity index (χ4n) is 3.62. The molecule has 0 aliphatic heterocycles. The Balaban J connectivity index is 1.62. The van der Waals surface area contributed by atoms with Crippen LogP contribution in [0.2, 0.25) is 5.02 Å². The number of thioether (sulfide) groups is 1. The Morgan fingerprint density at radius 1 is 1.09 bits per heavy atom. The van der Waals surface area contributed by atoms with Crippen LogP contribution in [-0.4, -0.2) is 21.1 Å². The quantitative estimate of drug-likeness (QED) is 0.194. The number of pyridine rings is 1. The number of benzene rings is 2. The molecule has 5 rings (SSSR count). The first kappa shape index (κ1) is 21.9. The van der Waals surface area contributed by atoms with Crippen LogP contribution in [0.25, 0.3) is 20.4 Å². The fraction of sp³-hybridized carbons (Fsp3) is 0.160. The average molecular weight is 494 g/mol. The molecule has 0 N–H and O–H groups in total. The number of fused-ring (bicyclic) bond motifs is 3. The van der Waals surface area contributed by atoms with Crippen LogP contribution in [-0.2, 0) is 12.3 Å². The standard InChI is InChI=1S/C25H20ClN3O2S2/c1-2-31-20-8-4-3-6-17(20)14-29-24(30)22-21(19-7-5-13-27-23(19)33-22)28-25(29)32-15-16-9-11-18(26)12-10-16/h3-13H,2,14-15H2,1H3. The topological polar surface area (TPSA) is 57.0 Å². The number of hydrogen-bond acceptors (Lipinski definition) is 6. The molecular formula is C25H20ClN3O2S2. The van der Waals surface area contributed by atoms with Crippen molar-refractivity contribution in [2.75, 3.05) is 6.61 Å². The summed E-state index contributed by atoms with van der Waals surface area (Å²) >= 11 is 8.96. The number of hydrogen-bond donors (Lipinski definition) is 0. The van der Waals surface area contributed by atoms with Crippen molar-refractivity contribution in [3.63, 3.8) is 0 Å². The maximum absolute atomic E-state index is 13.7. The van der Waals surface area contributed by atoms with Gasteiger partial charge in [0.1, 0.15) is 15.3 Å². The van der Waals surface area contributed by atoms with Crippen molar-refractivity contribution in [3.05, 3.63) is 93.4 Å². The number of para-hydroxylation sites is 1. The smallest absolute Gasteiger partial charge is 0.272 e. The van der Waals surface area contributed by atoms with Crippen molar-refractivity contribution < 1.29 is 4.74 Å². The molecule has 0 aliphatic carbocycles. The van der Waals surface area contributed by atoms with Crippen LogP contribution in [0.4, 0.5) is 0 Å². The maximum atomic E-state index is 13.7. The first-order chi connectivity index (χ1) is 16.1. The fourth-order valence-corrected chi connectivity index (χ4v) is 5.73. The van der Waals surface area contributed by atoms with Crippen LogP contribution in [0, 0.1) is 0 Å². The molecule has 166 valence electrons. The van der Waals surface area contributed by atoms with Crippen molar-refractivity contribution >= 4 is 55.1 Å². The molecule has 3 aromatic heterocycles. The van der Waals surface area contributed by atoms with E-state index in [1.54, 1.807) is 10.8 Å². The zero-order chi connectivity index (χ0) is 22.8. The Labute approximate surface area is 204 Å². The summed E-state index contributed by atoms with van der Waals surface area (Å²) in [7, 11) is 0. The van der Waals surface area contributed by atoms with Crippen LogP contribution >= 0.6 is 34.7 Å². The van der Waals surface area contributed by atoms with Crippen molar-refractivity contribution in [2.45, 2.75) is 24.4 Å². The van der Waals surface area contributed by atoms with Crippen LogP contribution in [0.3, 0.4) is 0 Å². The predicted octanol–water partition coefficient (Wildman–Crippen LogP) is 6.40. The average Bonchev–Trinajstić information content (AvgIpc) is 3.21. The van der Waals surface area contributed by atoms with E-state index in [4.69, 9.17) is 21.3 Å². The Hall–Kier alpha value is -2.87. The highest BCUT2D eigenvalue weighted by Gasteiger charge is 2.18. The monoisotopic (exact) mass is 493 g/mol. The third-order valence-electron chi connectivity index (χ3n) is 5.20. The number of ether oxygens (including phenoxy) is 1. The minimum Gasteiger partial charge on any atom is -0.494 e. The van der Waals surface area contributed by atoms with Gasteiger partial charge in [0.2, 0.25) is 0 Å². The van der Waals surface area contributed by atoms with Crippen molar-refractivity contribution in [1.29, 1.82) is 0 Å². The largest absolute Gasteiger partial charge is 0.494 e. The van der Waals surface area contributed by atoms with Gasteiger partial charge in [-0.2, -0.15) is 0 Å². The lowest BCUT2D eigenvalue weighted by Crippen LogP contribution is -2.23. The Morgan fingerprint density at radius 2 is 1.91 bits per heavy atom. The molecule has 5 aromatic rings. The van der Waals surface area contributed by atoms with E-state index in [-0.39, 0.29) is 5.56 Å². The number of thiophene rings is 1. The van der Waals surface area contributed by atoms with E-state index in [1.807, 2.05) is 67.6 Å². The van der Waals surface area contributed by atoms with E-state index in [9.17, 15) is 4.79 Å². The lowest BCUT2D eigenvalue weighted by atomic mass is 10.2. The molecule has 0 spiro atoms. The summed E-state index contributed by atoms with van der Waals surface area (Å²) in [4.78, 5) is 23.9. The van der Waals surface area contributed by atoms with Crippen LogP contribution in [0.5, 0.6) is 5.75 Å². The van der Waals surface area contributed by atoms with E-state index in [0.717, 1.165) is 27.1 Å². The molecule has 8 heteroatoms. The molecule has 0 fully saturated rings. The van der Waals surface area contributed by atoms with Gasteiger partial charge in [0, 0.05) is 27.9 Å². The first-order valence-electron chi connectivity index (χ1n) is 10.5. The van der Waals surface area contributed by atoms with Gasteiger partial charge < -0.3 is 4.74 Å². The summed E-state index contributed by atoms with van der Waals surface area (Å²) in [6.45, 7) is 2.89. The highest BCUT2D eigenvalue weighted by molar-refractivity contribution is 7.98. The highest BCUT2D eigenvalue weighted by Crippen LogP contribution is 2.32. The molecule has 0 unspecified atom stereocenters. The third kappa shape index (κ3) is 4.49. The molecule has 5 nitrogen and oxygen atoms in total. The van der Waals surface area contributed by atoms with Gasteiger partial charge in [-0.25, -0.2) is 9.97 Å². The molecule has 3 heterocycles. The Morgan fingerprint density at radius 3 is 2.73 bits per heavy atom. The first-order valence-corrected chi connectivity index (χ1v) is 12.7. The summed E-state index contributed by atoms with van der Waals surface area (Å²) in [5.41, 5.74) is 2.70. The van der Waals surface area contributed by atoms with Gasteiger partial charge in [0.25, 0.3) is 5.56 Å². The second kappa shape index (κ2) is 9.55. The molecule has 0 aliphatic rings. The second-order valence-corrected chi connectivity index (χ2v) is 9.76. The van der Waals surface area contributed by atoms with Gasteiger partial charge in [-0.3, -0.25) is 9.36 Å². The van der Waals surface area contributed by atoms with E-state index in [2.05, 4.69) is 4.98 Å². The van der Waals surface area contributed by atoms with Crippen LogP contribution in [0.15, 0.2) is 76.8 Å². The maximum Gasteiger partial charge on any atom is 0.272 e. The summed E-state index contributed by atoms with van der Waals surface area (Å²) in [6.07, 6.45) is 1.74. The molecule has 0 atom stereocenters. The number of nitrogens with zero attached hydrogens (tertiary/aromatic N) is 3. The molecule has 33 heavy (non-hydrogen) atoms. The van der Waals surface area contributed by atoms with Crippen LogP contribution in [0.1, 0.15) is 18.1 Å². The second-order valence-electron chi connectivity index (χ2n) is 7.38. The van der Waals surface area contributed by atoms with Gasteiger partial charge in [-0.1, -0.05) is 53.7 Å². The molecule has 0 bridgehead atoms. The van der Waals surface area contributed by atoms with E-state index < -0.39 is 0 Å². The summed E-state index contributed by atoms with van der Waals surface area (Å²) in [5.74, 6) is 1.45. The third-order valence-corrected chi connectivity index (χ3v) is 7.59. The van der Waals surface area contributed by atoms with Gasteiger partial charge in [0.05, 0.1) is 18.7 Å². The number of rotatable bonds is 7. The zero-order valence-electron chi connectivity index (χ0n) is 17.8. The van der Waals surface area contributed by atoms with E-state index in [1.165, 1.54) is 23.1 Å².